The van der Waals surface area contributed by atoms with Gasteiger partial charge in [-0.25, -0.2) is 12.8 Å². The van der Waals surface area contributed by atoms with Gasteiger partial charge in [-0.2, -0.15) is 0 Å². The second-order valence-electron chi connectivity index (χ2n) is 0.894. The van der Waals surface area contributed by atoms with Crippen molar-refractivity contribution in [2.75, 3.05) is 0 Å². The minimum Gasteiger partial charge on any atom is -0.229 e. The highest BCUT2D eigenvalue weighted by Gasteiger charge is 1.98. The van der Waals surface area contributed by atoms with E-state index in [1.807, 2.05) is 0 Å². The van der Waals surface area contributed by atoms with Crippen molar-refractivity contribution in [2.24, 2.45) is 0 Å². The third kappa shape index (κ3) is 2.33. The Labute approximate surface area is 42.6 Å². The summed E-state index contributed by atoms with van der Waals surface area (Å²) in [6.45, 7) is 2.92. The summed E-state index contributed by atoms with van der Waals surface area (Å²) in [7, 11) is -2.95. The monoisotopic (exact) mass is 124 g/mol. The Bertz CT molecular complexity index is 121. The molecule has 0 saturated carbocycles. The van der Waals surface area contributed by atoms with Gasteiger partial charge in [0.2, 0.25) is 5.50 Å². The Balaban J connectivity index is 3.80. The van der Waals surface area contributed by atoms with E-state index >= 15 is 0 Å². The highest BCUT2D eigenvalue weighted by atomic mass is 32.2. The van der Waals surface area contributed by atoms with E-state index in [4.69, 9.17) is 0 Å². The van der Waals surface area contributed by atoms with Crippen LogP contribution in [0.3, 0.4) is 0 Å². The molecular formula is C3H5FO2S. The molecule has 1 atom stereocenters. The maximum Gasteiger partial charge on any atom is 0.216 e. The van der Waals surface area contributed by atoms with Gasteiger partial charge in [-0.1, -0.05) is 6.58 Å². The van der Waals surface area contributed by atoms with Gasteiger partial charge < -0.3 is 0 Å². The lowest BCUT2D eigenvalue weighted by molar-refractivity contribution is 0.486. The Kier molecular flexibility index (Phi) is 2.59. The van der Waals surface area contributed by atoms with E-state index in [1.165, 1.54) is 0 Å². The lowest BCUT2D eigenvalue weighted by Gasteiger charge is -1.82. The number of thiol groups is 1. The first-order valence-electron chi connectivity index (χ1n) is 1.58. The summed E-state index contributed by atoms with van der Waals surface area (Å²) in [5, 5.41) is 0. The summed E-state index contributed by atoms with van der Waals surface area (Å²) < 4.78 is 30.6. The smallest absolute Gasteiger partial charge is 0.216 e. The zero-order valence-electron chi connectivity index (χ0n) is 3.50. The number of halogens is 1. The summed E-state index contributed by atoms with van der Waals surface area (Å²) >= 11 is 0. The predicted octanol–water partition coefficient (Wildman–Crippen LogP) is 0.0794. The average Bonchev–Trinajstić information content (AvgIpc) is 1.65. The number of hydrogen-bond donors (Lipinski definition) is 1. The molecule has 0 fully saturated rings. The van der Waals surface area contributed by atoms with Crippen molar-refractivity contribution >= 4 is 10.7 Å². The molecule has 7 heavy (non-hydrogen) atoms. The van der Waals surface area contributed by atoms with E-state index in [1.54, 1.807) is 0 Å². The fourth-order valence-corrected chi connectivity index (χ4v) is 0.258. The molecule has 0 N–H and O–H groups in total. The van der Waals surface area contributed by atoms with Crippen LogP contribution in [0.25, 0.3) is 0 Å². The zero-order valence-corrected chi connectivity index (χ0v) is 4.40. The lowest BCUT2D eigenvalue weighted by Crippen LogP contribution is -1.93. The number of hydrogen-bond acceptors (Lipinski definition) is 2. The van der Waals surface area contributed by atoms with Crippen molar-refractivity contribution in [3.05, 3.63) is 12.7 Å². The van der Waals surface area contributed by atoms with Gasteiger partial charge in [0.25, 0.3) is 0 Å². The Morgan fingerprint density at radius 3 is 2.14 bits per heavy atom. The van der Waals surface area contributed by atoms with Crippen molar-refractivity contribution in [1.82, 2.24) is 0 Å². The van der Waals surface area contributed by atoms with Gasteiger partial charge in [0, 0.05) is 0 Å². The Morgan fingerprint density at radius 1 is 1.71 bits per heavy atom. The Hall–Kier alpha value is -0.380. The van der Waals surface area contributed by atoms with Crippen molar-refractivity contribution in [2.45, 2.75) is 5.50 Å². The molecule has 0 aliphatic carbocycles. The van der Waals surface area contributed by atoms with Gasteiger partial charge >= 0.3 is 0 Å². The SMILES string of the molecule is C=CC(F)[SH](=O)=O. The maximum atomic E-state index is 11.5. The molecule has 0 aromatic heterocycles. The lowest BCUT2D eigenvalue weighted by atomic mass is 10.7. The highest BCUT2D eigenvalue weighted by Crippen LogP contribution is 1.88. The van der Waals surface area contributed by atoms with Gasteiger partial charge in [0.15, 0.2) is 10.7 Å². The van der Waals surface area contributed by atoms with Gasteiger partial charge in [0.05, 0.1) is 0 Å². The number of rotatable bonds is 2. The molecule has 1 unspecified atom stereocenters. The molecule has 0 rings (SSSR count). The van der Waals surface area contributed by atoms with E-state index in [2.05, 4.69) is 6.58 Å². The summed E-state index contributed by atoms with van der Waals surface area (Å²) in [5.41, 5.74) is -1.88. The fourth-order valence-electron chi connectivity index (χ4n) is 0.0861. The summed E-state index contributed by atoms with van der Waals surface area (Å²) in [6, 6.07) is 0. The first-order chi connectivity index (χ1) is 3.18. The van der Waals surface area contributed by atoms with Crippen LogP contribution >= 0.6 is 0 Å². The molecule has 0 radical (unpaired) electrons. The summed E-state index contributed by atoms with van der Waals surface area (Å²) in [6.07, 6.45) is 0.728. The van der Waals surface area contributed by atoms with Crippen molar-refractivity contribution in [1.29, 1.82) is 0 Å². The maximum absolute atomic E-state index is 11.5. The van der Waals surface area contributed by atoms with Crippen LogP contribution in [0.2, 0.25) is 0 Å². The van der Waals surface area contributed by atoms with Gasteiger partial charge in [-0.3, -0.25) is 0 Å². The van der Waals surface area contributed by atoms with Crippen molar-refractivity contribution in [3.8, 4) is 0 Å². The standard InChI is InChI=1S/C3H5FO2S/c1-2-3(4)7(5)6/h2-3,7H,1H2. The van der Waals surface area contributed by atoms with E-state index in [0.717, 1.165) is 6.08 Å². The molecular weight excluding hydrogens is 119 g/mol. The van der Waals surface area contributed by atoms with Crippen molar-refractivity contribution in [3.63, 3.8) is 0 Å². The topological polar surface area (TPSA) is 34.1 Å². The molecule has 2 nitrogen and oxygen atoms in total. The van der Waals surface area contributed by atoms with E-state index in [0.29, 0.717) is 0 Å². The molecule has 0 aliphatic heterocycles. The zero-order chi connectivity index (χ0) is 5.86. The average molecular weight is 124 g/mol. The van der Waals surface area contributed by atoms with Crippen LogP contribution in [0.15, 0.2) is 12.7 Å². The van der Waals surface area contributed by atoms with Crippen LogP contribution in [0.4, 0.5) is 4.39 Å². The van der Waals surface area contributed by atoms with Crippen LogP contribution in [0, 0.1) is 0 Å². The van der Waals surface area contributed by atoms with Crippen LogP contribution < -0.4 is 0 Å². The minimum absolute atomic E-state index is 0.728. The van der Waals surface area contributed by atoms with Crippen LogP contribution in [0.5, 0.6) is 0 Å². The second kappa shape index (κ2) is 2.74. The van der Waals surface area contributed by atoms with Crippen LogP contribution in [-0.2, 0) is 10.7 Å². The van der Waals surface area contributed by atoms with Crippen LogP contribution in [0.1, 0.15) is 0 Å². The minimum atomic E-state index is -2.95. The third-order valence-corrected chi connectivity index (χ3v) is 1.01. The molecule has 0 amide bonds. The molecule has 0 bridgehead atoms. The van der Waals surface area contributed by atoms with E-state index in [-0.39, 0.29) is 0 Å². The predicted molar refractivity (Wildman–Crippen MR) is 25.4 cm³/mol. The molecule has 0 aromatic rings. The normalized spacial score (nSPS) is 14.0. The van der Waals surface area contributed by atoms with Crippen molar-refractivity contribution < 1.29 is 12.8 Å². The molecule has 0 saturated heterocycles. The largest absolute Gasteiger partial charge is 0.229 e. The molecule has 4 heteroatoms. The van der Waals surface area contributed by atoms with Gasteiger partial charge in [0.1, 0.15) is 0 Å². The first kappa shape index (κ1) is 6.62. The molecule has 0 spiro atoms. The third-order valence-electron chi connectivity index (χ3n) is 0.396. The molecule has 0 heterocycles. The molecule has 42 valence electrons. The fraction of sp³-hybridized carbons (Fsp3) is 0.333. The first-order valence-corrected chi connectivity index (χ1v) is 2.83. The van der Waals surface area contributed by atoms with Gasteiger partial charge in [-0.15, -0.1) is 0 Å². The van der Waals surface area contributed by atoms with Gasteiger partial charge in [-0.05, 0) is 6.08 Å². The highest BCUT2D eigenvalue weighted by molar-refractivity contribution is 7.73. The van der Waals surface area contributed by atoms with Crippen LogP contribution in [-0.4, -0.2) is 13.9 Å². The number of alkyl halides is 1. The van der Waals surface area contributed by atoms with E-state index < -0.39 is 16.2 Å². The quantitative estimate of drug-likeness (QED) is 0.418. The second-order valence-corrected chi connectivity index (χ2v) is 1.96. The summed E-state index contributed by atoms with van der Waals surface area (Å²) in [5.74, 6) is 0. The summed E-state index contributed by atoms with van der Waals surface area (Å²) in [4.78, 5) is 0. The van der Waals surface area contributed by atoms with E-state index in [9.17, 15) is 12.8 Å². The Morgan fingerprint density at radius 2 is 2.14 bits per heavy atom. The molecule has 0 aliphatic rings. The molecule has 0 aromatic carbocycles.